The Balaban J connectivity index is 2.14. The van der Waals surface area contributed by atoms with Crippen molar-refractivity contribution < 1.29 is 0 Å². The molecule has 76 valence electrons. The van der Waals surface area contributed by atoms with Crippen molar-refractivity contribution in [2.45, 2.75) is 31.7 Å². The average molecular weight is 319 g/mol. The summed E-state index contributed by atoms with van der Waals surface area (Å²) in [5.74, 6) is 0. The van der Waals surface area contributed by atoms with Gasteiger partial charge in [0.1, 0.15) is 0 Å². The third kappa shape index (κ3) is 2.38. The third-order valence-electron chi connectivity index (χ3n) is 2.67. The Morgan fingerprint density at radius 1 is 1.43 bits per heavy atom. The summed E-state index contributed by atoms with van der Waals surface area (Å²) in [6.45, 7) is 0. The second-order valence-corrected chi connectivity index (χ2v) is 6.49. The van der Waals surface area contributed by atoms with Gasteiger partial charge >= 0.3 is 0 Å². The molecule has 1 nitrogen and oxygen atoms in total. The van der Waals surface area contributed by atoms with Gasteiger partial charge in [-0.05, 0) is 65.3 Å². The maximum absolute atomic E-state index is 6.22. The minimum Gasteiger partial charge on any atom is -0.321 e. The monoisotopic (exact) mass is 319 g/mol. The molecule has 0 aliphatic heterocycles. The van der Waals surface area contributed by atoms with E-state index in [1.54, 1.807) is 11.3 Å². The summed E-state index contributed by atoms with van der Waals surface area (Å²) in [7, 11) is 0. The molecule has 0 bridgehead atoms. The van der Waals surface area contributed by atoms with Crippen LogP contribution in [-0.2, 0) is 0 Å². The number of hydrogen-bond acceptors (Lipinski definition) is 2. The summed E-state index contributed by atoms with van der Waals surface area (Å²) in [6, 6.07) is 2.35. The molecule has 0 radical (unpaired) electrons. The van der Waals surface area contributed by atoms with E-state index in [0.29, 0.717) is 0 Å². The molecule has 0 spiro atoms. The maximum Gasteiger partial charge on any atom is 0.0656 e. The number of thiophene rings is 1. The van der Waals surface area contributed by atoms with Crippen molar-refractivity contribution in [2.24, 2.45) is 5.73 Å². The molecular weight excluding hydrogens is 305 g/mol. The van der Waals surface area contributed by atoms with Crippen molar-refractivity contribution in [3.8, 4) is 0 Å². The molecule has 1 unspecified atom stereocenters. The van der Waals surface area contributed by atoms with Gasteiger partial charge in [-0.15, -0.1) is 11.3 Å². The number of halogens is 1. The predicted molar refractivity (Wildman–Crippen MR) is 70.5 cm³/mol. The number of rotatable bonds is 2. The molecule has 1 aromatic rings. The molecular formula is C11H14INS. The van der Waals surface area contributed by atoms with E-state index in [4.69, 9.17) is 5.73 Å². The van der Waals surface area contributed by atoms with Crippen LogP contribution in [0.25, 0.3) is 0 Å². The highest BCUT2D eigenvalue weighted by Crippen LogP contribution is 2.30. The molecule has 0 amide bonds. The lowest BCUT2D eigenvalue weighted by Crippen LogP contribution is -2.14. The molecule has 0 saturated heterocycles. The van der Waals surface area contributed by atoms with E-state index in [1.807, 2.05) is 0 Å². The van der Waals surface area contributed by atoms with Crippen molar-refractivity contribution >= 4 is 33.9 Å². The molecule has 0 aromatic carbocycles. The van der Waals surface area contributed by atoms with Gasteiger partial charge in [0.25, 0.3) is 0 Å². The Labute approximate surface area is 103 Å². The van der Waals surface area contributed by atoms with Gasteiger partial charge < -0.3 is 5.73 Å². The van der Waals surface area contributed by atoms with Crippen molar-refractivity contribution in [1.82, 2.24) is 0 Å². The second kappa shape index (κ2) is 4.77. The largest absolute Gasteiger partial charge is 0.321 e. The summed E-state index contributed by atoms with van der Waals surface area (Å²) in [4.78, 5) is 0. The predicted octanol–water partition coefficient (Wildman–Crippen LogP) is 3.85. The summed E-state index contributed by atoms with van der Waals surface area (Å²) in [5.41, 5.74) is 8.94. The Hall–Kier alpha value is 0.130. The van der Waals surface area contributed by atoms with Crippen LogP contribution in [0.15, 0.2) is 23.1 Å². The summed E-state index contributed by atoms with van der Waals surface area (Å²) >= 11 is 4.12. The van der Waals surface area contributed by atoms with Crippen LogP contribution in [0.1, 0.15) is 37.3 Å². The Morgan fingerprint density at radius 3 is 2.86 bits per heavy atom. The fourth-order valence-electron chi connectivity index (χ4n) is 1.85. The molecule has 0 fully saturated rings. The number of nitrogens with two attached hydrogens (primary N) is 1. The first-order chi connectivity index (χ1) is 6.77. The molecule has 1 aliphatic rings. The lowest BCUT2D eigenvalue weighted by atomic mass is 9.92. The van der Waals surface area contributed by atoms with Crippen LogP contribution in [0.3, 0.4) is 0 Å². The van der Waals surface area contributed by atoms with Crippen LogP contribution >= 0.6 is 33.9 Å². The molecule has 2 N–H and O–H groups in total. The molecule has 1 heterocycles. The van der Waals surface area contributed by atoms with E-state index in [2.05, 4.69) is 40.1 Å². The third-order valence-corrected chi connectivity index (χ3v) is 4.48. The fraction of sp³-hybridized carbons (Fsp3) is 0.455. The fourth-order valence-corrected chi connectivity index (χ4v) is 3.25. The Kier molecular flexibility index (Phi) is 3.62. The van der Waals surface area contributed by atoms with Gasteiger partial charge in [0.2, 0.25) is 0 Å². The Morgan fingerprint density at radius 2 is 2.29 bits per heavy atom. The van der Waals surface area contributed by atoms with Gasteiger partial charge in [0, 0.05) is 0 Å². The summed E-state index contributed by atoms with van der Waals surface area (Å²) in [6.07, 6.45) is 7.37. The minimum atomic E-state index is 0.148. The molecule has 1 atom stereocenters. The number of allylic oxidation sites excluding steroid dienone is 1. The van der Waals surface area contributed by atoms with Crippen LogP contribution in [0, 0.1) is 2.88 Å². The van der Waals surface area contributed by atoms with Crippen LogP contribution in [-0.4, -0.2) is 0 Å². The van der Waals surface area contributed by atoms with Gasteiger partial charge in [0.05, 0.1) is 8.93 Å². The van der Waals surface area contributed by atoms with Gasteiger partial charge in [-0.3, -0.25) is 0 Å². The van der Waals surface area contributed by atoms with Crippen molar-refractivity contribution in [1.29, 1.82) is 0 Å². The van der Waals surface area contributed by atoms with Crippen LogP contribution in [0.5, 0.6) is 0 Å². The molecule has 0 saturated carbocycles. The van der Waals surface area contributed by atoms with Gasteiger partial charge in [0.15, 0.2) is 0 Å². The maximum atomic E-state index is 6.22. The highest BCUT2D eigenvalue weighted by Gasteiger charge is 2.14. The van der Waals surface area contributed by atoms with Gasteiger partial charge in [-0.1, -0.05) is 11.6 Å². The standard InChI is InChI=1S/C11H14INS/c12-10-6-9(7-14-10)11(13)8-4-2-1-3-5-8/h4,6-7,11H,1-3,5,13H2. The normalized spacial score (nSPS) is 19.1. The van der Waals surface area contributed by atoms with Crippen LogP contribution in [0.2, 0.25) is 0 Å². The lowest BCUT2D eigenvalue weighted by Gasteiger charge is -2.18. The van der Waals surface area contributed by atoms with Crippen molar-refractivity contribution in [2.75, 3.05) is 0 Å². The molecule has 14 heavy (non-hydrogen) atoms. The van der Waals surface area contributed by atoms with Gasteiger partial charge in [-0.2, -0.15) is 0 Å². The zero-order valence-corrected chi connectivity index (χ0v) is 11.0. The first-order valence-electron chi connectivity index (χ1n) is 4.96. The van der Waals surface area contributed by atoms with E-state index in [9.17, 15) is 0 Å². The topological polar surface area (TPSA) is 26.0 Å². The molecule has 3 heteroatoms. The lowest BCUT2D eigenvalue weighted by molar-refractivity contribution is 0.649. The summed E-state index contributed by atoms with van der Waals surface area (Å²) in [5, 5.41) is 2.18. The Bertz CT molecular complexity index is 343. The van der Waals surface area contributed by atoms with E-state index in [1.165, 1.54) is 39.7 Å². The van der Waals surface area contributed by atoms with E-state index >= 15 is 0 Å². The van der Waals surface area contributed by atoms with E-state index in [0.717, 1.165) is 0 Å². The quantitative estimate of drug-likeness (QED) is 0.650. The van der Waals surface area contributed by atoms with E-state index < -0.39 is 0 Å². The number of hydrogen-bond donors (Lipinski definition) is 1. The summed E-state index contributed by atoms with van der Waals surface area (Å²) < 4.78 is 1.32. The first-order valence-corrected chi connectivity index (χ1v) is 6.91. The second-order valence-electron chi connectivity index (χ2n) is 3.69. The van der Waals surface area contributed by atoms with Crippen molar-refractivity contribution in [3.63, 3.8) is 0 Å². The minimum absolute atomic E-state index is 0.148. The highest BCUT2D eigenvalue weighted by molar-refractivity contribution is 14.1. The zero-order chi connectivity index (χ0) is 9.97. The smallest absolute Gasteiger partial charge is 0.0656 e. The highest BCUT2D eigenvalue weighted by atomic mass is 127. The van der Waals surface area contributed by atoms with Crippen molar-refractivity contribution in [3.05, 3.63) is 31.5 Å². The zero-order valence-electron chi connectivity index (χ0n) is 8.00. The molecule has 1 aliphatic carbocycles. The molecule has 1 aromatic heterocycles. The van der Waals surface area contributed by atoms with Gasteiger partial charge in [-0.25, -0.2) is 0 Å². The molecule has 2 rings (SSSR count). The van der Waals surface area contributed by atoms with Crippen LogP contribution in [0.4, 0.5) is 0 Å². The average Bonchev–Trinajstić information content (AvgIpc) is 2.65. The first kappa shape index (κ1) is 10.6. The van der Waals surface area contributed by atoms with E-state index in [-0.39, 0.29) is 6.04 Å². The van der Waals surface area contributed by atoms with Crippen LogP contribution < -0.4 is 5.73 Å². The SMILES string of the molecule is NC(C1=CCCCC1)c1csc(I)c1.